The van der Waals surface area contributed by atoms with Crippen molar-refractivity contribution >= 4 is 0 Å². The molecular weight excluding hydrogens is 292 g/mol. The van der Waals surface area contributed by atoms with Crippen LogP contribution in [0.2, 0.25) is 0 Å². The summed E-state index contributed by atoms with van der Waals surface area (Å²) in [4.78, 5) is 0. The van der Waals surface area contributed by atoms with Gasteiger partial charge in [-0.1, -0.05) is 25.1 Å². The topological polar surface area (TPSA) is 58.9 Å². The summed E-state index contributed by atoms with van der Waals surface area (Å²) in [6, 6.07) is 9.16. The Morgan fingerprint density at radius 2 is 2.00 bits per heavy atom. The van der Waals surface area contributed by atoms with Gasteiger partial charge in [-0.05, 0) is 35.6 Å². The van der Waals surface area contributed by atoms with E-state index in [4.69, 9.17) is 9.47 Å². The first-order valence-electron chi connectivity index (χ1n) is 8.07. The van der Waals surface area contributed by atoms with Crippen molar-refractivity contribution in [2.45, 2.75) is 38.3 Å². The van der Waals surface area contributed by atoms with Gasteiger partial charge < -0.3 is 19.7 Å². The molecule has 118 valence electrons. The lowest BCUT2D eigenvalue weighted by molar-refractivity contribution is -0.260. The SMILES string of the molecule is C[C@H]1Cc2ccc(O)c3c2[C@@]2(C1)OCc1c(O)cccc1[C@H]3O2. The van der Waals surface area contributed by atoms with Crippen LogP contribution >= 0.6 is 0 Å². The third-order valence-corrected chi connectivity index (χ3v) is 5.37. The van der Waals surface area contributed by atoms with Crippen LogP contribution in [0.25, 0.3) is 0 Å². The molecule has 4 heteroatoms. The number of ether oxygens (including phenoxy) is 2. The van der Waals surface area contributed by atoms with Gasteiger partial charge in [0.2, 0.25) is 0 Å². The van der Waals surface area contributed by atoms with Gasteiger partial charge >= 0.3 is 0 Å². The molecule has 0 saturated heterocycles. The maximum absolute atomic E-state index is 10.5. The fraction of sp³-hybridized carbons (Fsp3) is 0.368. The number of hydrogen-bond acceptors (Lipinski definition) is 4. The highest BCUT2D eigenvalue weighted by Gasteiger charge is 2.54. The van der Waals surface area contributed by atoms with Crippen LogP contribution < -0.4 is 0 Å². The van der Waals surface area contributed by atoms with E-state index in [9.17, 15) is 10.2 Å². The summed E-state index contributed by atoms with van der Waals surface area (Å²) in [6.45, 7) is 2.51. The predicted octanol–water partition coefficient (Wildman–Crippen LogP) is 3.48. The van der Waals surface area contributed by atoms with Crippen LogP contribution in [0.15, 0.2) is 30.3 Å². The molecule has 3 atom stereocenters. The molecule has 2 N–H and O–H groups in total. The van der Waals surface area contributed by atoms with Crippen LogP contribution in [0.3, 0.4) is 0 Å². The van der Waals surface area contributed by atoms with Crippen LogP contribution in [0.5, 0.6) is 11.5 Å². The average molecular weight is 310 g/mol. The Balaban J connectivity index is 1.83. The van der Waals surface area contributed by atoms with Gasteiger partial charge in [0.15, 0.2) is 5.79 Å². The molecule has 23 heavy (non-hydrogen) atoms. The normalized spacial score (nSPS) is 30.5. The summed E-state index contributed by atoms with van der Waals surface area (Å²) in [5.41, 5.74) is 4.65. The average Bonchev–Trinajstić information content (AvgIpc) is 2.76. The highest BCUT2D eigenvalue weighted by molar-refractivity contribution is 5.57. The standard InChI is InChI=1S/C19H18O4/c1-10-7-11-5-6-15(21)16-17(11)19(8-10)22-9-13-12(18(16)23-19)3-2-4-14(13)20/h2-6,10,18,20-21H,7-9H2,1H3/t10-,18+,19-/m0/s1. The molecule has 0 saturated carbocycles. The highest BCUT2D eigenvalue weighted by Crippen LogP contribution is 2.59. The zero-order valence-electron chi connectivity index (χ0n) is 12.9. The second-order valence-corrected chi connectivity index (χ2v) is 6.93. The first-order chi connectivity index (χ1) is 11.1. The molecule has 0 unspecified atom stereocenters. The van der Waals surface area contributed by atoms with E-state index in [1.54, 1.807) is 12.1 Å². The van der Waals surface area contributed by atoms with E-state index in [0.717, 1.165) is 35.1 Å². The molecule has 4 nitrogen and oxygen atoms in total. The molecule has 2 aromatic carbocycles. The molecule has 0 fully saturated rings. The highest BCUT2D eigenvalue weighted by atomic mass is 16.7. The second kappa shape index (κ2) is 4.28. The molecule has 0 aromatic heterocycles. The van der Waals surface area contributed by atoms with Crippen LogP contribution in [0.4, 0.5) is 0 Å². The third kappa shape index (κ3) is 1.62. The van der Waals surface area contributed by atoms with Gasteiger partial charge in [-0.3, -0.25) is 0 Å². The fourth-order valence-corrected chi connectivity index (χ4v) is 4.47. The van der Waals surface area contributed by atoms with Crippen molar-refractivity contribution < 1.29 is 19.7 Å². The summed E-state index contributed by atoms with van der Waals surface area (Å²) in [5, 5.41) is 20.7. The van der Waals surface area contributed by atoms with E-state index in [0.29, 0.717) is 12.5 Å². The monoisotopic (exact) mass is 310 g/mol. The van der Waals surface area contributed by atoms with Crippen molar-refractivity contribution in [3.8, 4) is 11.5 Å². The quantitative estimate of drug-likeness (QED) is 0.782. The Morgan fingerprint density at radius 1 is 1.13 bits per heavy atom. The van der Waals surface area contributed by atoms with Crippen LogP contribution in [0.1, 0.15) is 47.3 Å². The van der Waals surface area contributed by atoms with Crippen molar-refractivity contribution in [2.24, 2.45) is 5.92 Å². The van der Waals surface area contributed by atoms with E-state index in [2.05, 4.69) is 6.92 Å². The van der Waals surface area contributed by atoms with Crippen molar-refractivity contribution in [1.29, 1.82) is 0 Å². The van der Waals surface area contributed by atoms with Crippen LogP contribution in [-0.2, 0) is 28.3 Å². The Labute approximate surface area is 134 Å². The molecule has 2 bridgehead atoms. The summed E-state index contributed by atoms with van der Waals surface area (Å²) in [6.07, 6.45) is 1.35. The number of hydrogen-bond donors (Lipinski definition) is 2. The molecule has 2 heterocycles. The number of rotatable bonds is 0. The van der Waals surface area contributed by atoms with Gasteiger partial charge in [-0.15, -0.1) is 0 Å². The molecule has 1 spiro atoms. The Morgan fingerprint density at radius 3 is 2.87 bits per heavy atom. The smallest absolute Gasteiger partial charge is 0.197 e. The zero-order chi connectivity index (χ0) is 15.8. The fourth-order valence-electron chi connectivity index (χ4n) is 4.47. The summed E-state index contributed by atoms with van der Waals surface area (Å²) < 4.78 is 12.6. The van der Waals surface area contributed by atoms with Crippen molar-refractivity contribution in [2.75, 3.05) is 0 Å². The third-order valence-electron chi connectivity index (χ3n) is 5.37. The Hall–Kier alpha value is -2.04. The van der Waals surface area contributed by atoms with Crippen molar-refractivity contribution in [3.63, 3.8) is 0 Å². The summed E-state index contributed by atoms with van der Waals surface area (Å²) in [5.74, 6) is 0.0894. The first-order valence-corrected chi connectivity index (χ1v) is 8.07. The minimum atomic E-state index is -0.808. The molecule has 2 aliphatic heterocycles. The minimum absolute atomic E-state index is 0.219. The van der Waals surface area contributed by atoms with Gasteiger partial charge in [-0.25, -0.2) is 0 Å². The lowest BCUT2D eigenvalue weighted by atomic mass is 9.78. The Bertz CT molecular complexity index is 828. The molecule has 1 aliphatic carbocycles. The molecule has 0 radical (unpaired) electrons. The van der Waals surface area contributed by atoms with Crippen LogP contribution in [0, 0.1) is 5.92 Å². The molecule has 3 aliphatic rings. The van der Waals surface area contributed by atoms with Gasteiger partial charge in [0, 0.05) is 23.1 Å². The zero-order valence-corrected chi connectivity index (χ0v) is 12.9. The van der Waals surface area contributed by atoms with Gasteiger partial charge in [0.1, 0.15) is 17.6 Å². The van der Waals surface area contributed by atoms with Crippen molar-refractivity contribution in [3.05, 3.63) is 58.1 Å². The van der Waals surface area contributed by atoms with E-state index >= 15 is 0 Å². The summed E-state index contributed by atoms with van der Waals surface area (Å²) in [7, 11) is 0. The lowest BCUT2D eigenvalue weighted by Crippen LogP contribution is -2.36. The minimum Gasteiger partial charge on any atom is -0.508 e. The van der Waals surface area contributed by atoms with E-state index < -0.39 is 5.79 Å². The van der Waals surface area contributed by atoms with E-state index in [1.165, 1.54) is 5.56 Å². The molecule has 0 amide bonds. The first kappa shape index (κ1) is 13.4. The van der Waals surface area contributed by atoms with Gasteiger partial charge in [-0.2, -0.15) is 0 Å². The molecular formula is C19H18O4. The number of phenolic OH excluding ortho intramolecular Hbond substituents is 2. The molecule has 5 rings (SSSR count). The van der Waals surface area contributed by atoms with E-state index in [1.807, 2.05) is 18.2 Å². The Kier molecular flexibility index (Phi) is 2.49. The van der Waals surface area contributed by atoms with Gasteiger partial charge in [0.25, 0.3) is 0 Å². The van der Waals surface area contributed by atoms with Gasteiger partial charge in [0.05, 0.1) is 6.61 Å². The number of benzene rings is 2. The largest absolute Gasteiger partial charge is 0.508 e. The number of aromatic hydroxyl groups is 2. The predicted molar refractivity (Wildman–Crippen MR) is 83.1 cm³/mol. The maximum Gasteiger partial charge on any atom is 0.197 e. The van der Waals surface area contributed by atoms with Crippen molar-refractivity contribution in [1.82, 2.24) is 0 Å². The maximum atomic E-state index is 10.5. The van der Waals surface area contributed by atoms with Crippen LogP contribution in [-0.4, -0.2) is 10.2 Å². The summed E-state index contributed by atoms with van der Waals surface area (Å²) >= 11 is 0. The number of phenols is 2. The lowest BCUT2D eigenvalue weighted by Gasteiger charge is -2.37. The second-order valence-electron chi connectivity index (χ2n) is 6.93. The molecule has 2 aromatic rings. The van der Waals surface area contributed by atoms with E-state index in [-0.39, 0.29) is 17.6 Å². The number of fused-ring (bicyclic) bond motifs is 4.